The number of aliphatic carboxylic acids is 1. The normalized spacial score (nSPS) is 43.3. The van der Waals surface area contributed by atoms with Crippen LogP contribution in [0.1, 0.15) is 51.4 Å². The van der Waals surface area contributed by atoms with Crippen LogP contribution in [0.2, 0.25) is 0 Å². The Morgan fingerprint density at radius 2 is 2.22 bits per heavy atom. The van der Waals surface area contributed by atoms with Gasteiger partial charge in [-0.2, -0.15) is 0 Å². The lowest BCUT2D eigenvalue weighted by Crippen LogP contribution is -2.38. The van der Waals surface area contributed by atoms with Crippen molar-refractivity contribution in [3.8, 4) is 0 Å². The molecule has 0 amide bonds. The Labute approximate surface area is 107 Å². The summed E-state index contributed by atoms with van der Waals surface area (Å²) in [5.41, 5.74) is -0.625. The smallest absolute Gasteiger partial charge is 0.309 e. The highest BCUT2D eigenvalue weighted by molar-refractivity contribution is 5.79. The zero-order valence-corrected chi connectivity index (χ0v) is 10.6. The number of rotatable bonds is 3. The van der Waals surface area contributed by atoms with Crippen molar-refractivity contribution in [1.29, 1.82) is 0 Å². The first-order valence-electron chi connectivity index (χ1n) is 7.00. The summed E-state index contributed by atoms with van der Waals surface area (Å²) in [6.45, 7) is 0. The fraction of sp³-hybridized carbons (Fsp3) is 0.857. The second-order valence-corrected chi connectivity index (χ2v) is 6.25. The van der Waals surface area contributed by atoms with Crippen LogP contribution in [0.15, 0.2) is 0 Å². The van der Waals surface area contributed by atoms with Gasteiger partial charge in [0.25, 0.3) is 0 Å². The molecule has 1 heterocycles. The highest BCUT2D eigenvalue weighted by atomic mass is 16.6. The molecule has 1 aliphatic heterocycles. The largest absolute Gasteiger partial charge is 0.481 e. The minimum Gasteiger partial charge on any atom is -0.481 e. The van der Waals surface area contributed by atoms with Crippen LogP contribution < -0.4 is 0 Å². The van der Waals surface area contributed by atoms with E-state index in [0.29, 0.717) is 44.0 Å². The molecule has 0 aromatic heterocycles. The fourth-order valence-electron chi connectivity index (χ4n) is 3.83. The molecule has 0 bridgehead atoms. The van der Waals surface area contributed by atoms with Gasteiger partial charge in [0, 0.05) is 12.8 Å². The molecule has 3 rings (SSSR count). The van der Waals surface area contributed by atoms with Crippen LogP contribution in [0.25, 0.3) is 0 Å². The lowest BCUT2D eigenvalue weighted by molar-refractivity contribution is -0.152. The number of ketones is 1. The van der Waals surface area contributed by atoms with Gasteiger partial charge >= 0.3 is 5.97 Å². The summed E-state index contributed by atoms with van der Waals surface area (Å²) in [5.74, 6) is -0.102. The molecule has 4 nitrogen and oxygen atoms in total. The van der Waals surface area contributed by atoms with Gasteiger partial charge in [0.1, 0.15) is 5.78 Å². The SMILES string of the molecule is O=C1CCCC(CC2(C(=O)O)CCC3OC3C2)C1. The second kappa shape index (κ2) is 4.34. The van der Waals surface area contributed by atoms with Crippen LogP contribution in [-0.2, 0) is 14.3 Å². The van der Waals surface area contributed by atoms with Crippen molar-refractivity contribution in [2.75, 3.05) is 0 Å². The molecular weight excluding hydrogens is 232 g/mol. The first-order chi connectivity index (χ1) is 8.59. The molecule has 1 N–H and O–H groups in total. The maximum atomic E-state index is 11.7. The maximum absolute atomic E-state index is 11.7. The number of Topliss-reactive ketones (excluding diaryl/α,β-unsaturated/α-hetero) is 1. The van der Waals surface area contributed by atoms with Crippen LogP contribution in [-0.4, -0.2) is 29.1 Å². The molecule has 18 heavy (non-hydrogen) atoms. The van der Waals surface area contributed by atoms with Crippen molar-refractivity contribution in [3.63, 3.8) is 0 Å². The molecule has 3 aliphatic rings. The maximum Gasteiger partial charge on any atom is 0.309 e. The second-order valence-electron chi connectivity index (χ2n) is 6.25. The zero-order valence-electron chi connectivity index (χ0n) is 10.6. The van der Waals surface area contributed by atoms with E-state index < -0.39 is 11.4 Å². The average molecular weight is 252 g/mol. The van der Waals surface area contributed by atoms with E-state index in [2.05, 4.69) is 0 Å². The van der Waals surface area contributed by atoms with Crippen molar-refractivity contribution in [3.05, 3.63) is 0 Å². The summed E-state index contributed by atoms with van der Waals surface area (Å²) in [7, 11) is 0. The Bertz CT molecular complexity index is 378. The summed E-state index contributed by atoms with van der Waals surface area (Å²) in [6, 6.07) is 0. The Kier molecular flexibility index (Phi) is 2.93. The van der Waals surface area contributed by atoms with Crippen molar-refractivity contribution in [2.45, 2.75) is 63.6 Å². The molecule has 3 fully saturated rings. The van der Waals surface area contributed by atoms with Gasteiger partial charge in [-0.05, 0) is 44.4 Å². The highest BCUT2D eigenvalue weighted by Gasteiger charge is 2.54. The number of carbonyl (C=O) groups is 2. The summed E-state index contributed by atoms with van der Waals surface area (Å²) in [5, 5.41) is 9.58. The lowest BCUT2D eigenvalue weighted by Gasteiger charge is -2.35. The number of carboxylic acid groups (broad SMARTS) is 1. The molecule has 1 saturated heterocycles. The molecule has 0 radical (unpaired) electrons. The van der Waals surface area contributed by atoms with Gasteiger partial charge in [0.2, 0.25) is 0 Å². The zero-order chi connectivity index (χ0) is 12.8. The summed E-state index contributed by atoms with van der Waals surface area (Å²) in [4.78, 5) is 23.1. The van der Waals surface area contributed by atoms with Crippen LogP contribution >= 0.6 is 0 Å². The standard InChI is InChI=1S/C14H20O4/c15-10-3-1-2-9(6-10)7-14(13(16)17)5-4-11-12(8-14)18-11/h9,11-12H,1-8H2,(H,16,17). The van der Waals surface area contributed by atoms with Crippen LogP contribution in [0, 0.1) is 11.3 Å². The van der Waals surface area contributed by atoms with Crippen LogP contribution in [0.5, 0.6) is 0 Å². The van der Waals surface area contributed by atoms with E-state index in [0.717, 1.165) is 19.3 Å². The molecule has 4 heteroatoms. The fourth-order valence-corrected chi connectivity index (χ4v) is 3.83. The minimum atomic E-state index is -0.686. The van der Waals surface area contributed by atoms with E-state index in [-0.39, 0.29) is 12.0 Å². The molecule has 4 atom stereocenters. The number of epoxide rings is 1. The molecule has 0 aromatic carbocycles. The van der Waals surface area contributed by atoms with E-state index in [4.69, 9.17) is 4.74 Å². The predicted molar refractivity (Wildman–Crippen MR) is 64.2 cm³/mol. The average Bonchev–Trinajstić information content (AvgIpc) is 3.06. The van der Waals surface area contributed by atoms with E-state index >= 15 is 0 Å². The van der Waals surface area contributed by atoms with Gasteiger partial charge in [0.05, 0.1) is 17.6 Å². The topological polar surface area (TPSA) is 66.9 Å². The third-order valence-electron chi connectivity index (χ3n) is 4.90. The minimum absolute atomic E-state index is 0.175. The van der Waals surface area contributed by atoms with Gasteiger partial charge in [-0.25, -0.2) is 0 Å². The van der Waals surface area contributed by atoms with E-state index in [1.54, 1.807) is 0 Å². The lowest BCUT2D eigenvalue weighted by atomic mass is 9.67. The Hall–Kier alpha value is -0.900. The monoisotopic (exact) mass is 252 g/mol. The van der Waals surface area contributed by atoms with Crippen LogP contribution in [0.4, 0.5) is 0 Å². The Morgan fingerprint density at radius 3 is 2.89 bits per heavy atom. The molecular formula is C14H20O4. The molecule has 0 aromatic rings. The van der Waals surface area contributed by atoms with Crippen molar-refractivity contribution >= 4 is 11.8 Å². The van der Waals surface area contributed by atoms with Gasteiger partial charge in [-0.3, -0.25) is 9.59 Å². The molecule has 4 unspecified atom stereocenters. The van der Waals surface area contributed by atoms with Crippen molar-refractivity contribution in [1.82, 2.24) is 0 Å². The van der Waals surface area contributed by atoms with Crippen LogP contribution in [0.3, 0.4) is 0 Å². The van der Waals surface area contributed by atoms with Gasteiger partial charge < -0.3 is 9.84 Å². The number of hydrogen-bond acceptors (Lipinski definition) is 3. The first-order valence-corrected chi connectivity index (χ1v) is 7.00. The first kappa shape index (κ1) is 12.2. The highest BCUT2D eigenvalue weighted by Crippen LogP contribution is 2.50. The van der Waals surface area contributed by atoms with Gasteiger partial charge in [-0.15, -0.1) is 0 Å². The van der Waals surface area contributed by atoms with Crippen molar-refractivity contribution in [2.24, 2.45) is 11.3 Å². The number of fused-ring (bicyclic) bond motifs is 1. The summed E-state index contributed by atoms with van der Waals surface area (Å²) < 4.78 is 5.46. The third-order valence-corrected chi connectivity index (χ3v) is 4.90. The number of ether oxygens (including phenoxy) is 1. The third kappa shape index (κ3) is 2.18. The molecule has 100 valence electrons. The Balaban J connectivity index is 1.69. The van der Waals surface area contributed by atoms with E-state index in [1.165, 1.54) is 0 Å². The summed E-state index contributed by atoms with van der Waals surface area (Å²) in [6.07, 6.45) is 6.62. The Morgan fingerprint density at radius 1 is 1.39 bits per heavy atom. The summed E-state index contributed by atoms with van der Waals surface area (Å²) >= 11 is 0. The van der Waals surface area contributed by atoms with Gasteiger partial charge in [-0.1, -0.05) is 0 Å². The number of carbonyl (C=O) groups excluding carboxylic acids is 1. The number of carboxylic acids is 1. The van der Waals surface area contributed by atoms with E-state index in [1.807, 2.05) is 0 Å². The van der Waals surface area contributed by atoms with Crippen molar-refractivity contribution < 1.29 is 19.4 Å². The predicted octanol–water partition coefficient (Wildman–Crippen LogP) is 2.16. The van der Waals surface area contributed by atoms with Gasteiger partial charge in [0.15, 0.2) is 0 Å². The molecule has 0 spiro atoms. The quantitative estimate of drug-likeness (QED) is 0.782. The molecule has 2 aliphatic carbocycles. The molecule has 2 saturated carbocycles. The number of hydrogen-bond donors (Lipinski definition) is 1. The van der Waals surface area contributed by atoms with E-state index in [9.17, 15) is 14.7 Å².